The van der Waals surface area contributed by atoms with Gasteiger partial charge in [-0.25, -0.2) is 13.1 Å². The average molecular weight is 533 g/mol. The highest BCUT2D eigenvalue weighted by Crippen LogP contribution is 2.16. The molecule has 0 fully saturated rings. The van der Waals surface area contributed by atoms with Gasteiger partial charge in [0.05, 0.1) is 9.82 Å². The van der Waals surface area contributed by atoms with E-state index in [-0.39, 0.29) is 41.1 Å². The summed E-state index contributed by atoms with van der Waals surface area (Å²) >= 11 is 0. The second-order valence-electron chi connectivity index (χ2n) is 5.81. The molecule has 0 aliphatic heterocycles. The highest BCUT2D eigenvalue weighted by atomic mass is 127. The number of non-ortho nitro benzene ring substituents is 1. The van der Waals surface area contributed by atoms with E-state index in [4.69, 9.17) is 0 Å². The van der Waals surface area contributed by atoms with Gasteiger partial charge in [-0.1, -0.05) is 36.4 Å². The molecule has 9 nitrogen and oxygen atoms in total. The molecule has 0 atom stereocenters. The number of aliphatic imine (C=N–C) groups is 1. The van der Waals surface area contributed by atoms with E-state index in [2.05, 4.69) is 20.3 Å². The van der Waals surface area contributed by atoms with Crippen LogP contribution in [0.25, 0.3) is 0 Å². The van der Waals surface area contributed by atoms with Crippen molar-refractivity contribution in [1.82, 2.24) is 15.4 Å². The fourth-order valence-corrected chi connectivity index (χ4v) is 3.48. The molecule has 0 aliphatic carbocycles. The molecule has 0 heterocycles. The summed E-state index contributed by atoms with van der Waals surface area (Å²) in [6.45, 7) is 1.09. The van der Waals surface area contributed by atoms with Gasteiger partial charge in [-0.3, -0.25) is 15.1 Å². The Kier molecular flexibility index (Phi) is 10.5. The average Bonchev–Trinajstić information content (AvgIpc) is 2.70. The summed E-state index contributed by atoms with van der Waals surface area (Å²) in [7, 11) is -2.20. The highest BCUT2D eigenvalue weighted by Gasteiger charge is 2.16. The maximum Gasteiger partial charge on any atom is 0.270 e. The van der Waals surface area contributed by atoms with E-state index in [0.29, 0.717) is 19.0 Å². The third kappa shape index (κ3) is 8.33. The van der Waals surface area contributed by atoms with Crippen molar-refractivity contribution < 1.29 is 13.3 Å². The summed E-state index contributed by atoms with van der Waals surface area (Å²) in [5, 5.41) is 17.0. The lowest BCUT2D eigenvalue weighted by atomic mass is 10.1. The molecular weight excluding hydrogens is 509 g/mol. The van der Waals surface area contributed by atoms with Crippen LogP contribution in [-0.2, 0) is 16.4 Å². The number of halogens is 1. The summed E-state index contributed by atoms with van der Waals surface area (Å²) in [4.78, 5) is 14.1. The van der Waals surface area contributed by atoms with Crippen molar-refractivity contribution in [3.8, 4) is 0 Å². The van der Waals surface area contributed by atoms with E-state index < -0.39 is 14.9 Å². The van der Waals surface area contributed by atoms with Gasteiger partial charge >= 0.3 is 0 Å². The number of nitrogens with zero attached hydrogens (tertiary/aromatic N) is 2. The maximum atomic E-state index is 12.2. The number of hydrogen-bond acceptors (Lipinski definition) is 5. The number of nitrogens with one attached hydrogen (secondary N) is 3. The quantitative estimate of drug-likeness (QED) is 0.113. The molecule has 29 heavy (non-hydrogen) atoms. The van der Waals surface area contributed by atoms with E-state index >= 15 is 0 Å². The molecule has 0 saturated heterocycles. The molecule has 158 valence electrons. The largest absolute Gasteiger partial charge is 0.356 e. The molecule has 0 bridgehead atoms. The zero-order valence-electron chi connectivity index (χ0n) is 15.9. The van der Waals surface area contributed by atoms with Crippen molar-refractivity contribution >= 4 is 45.6 Å². The van der Waals surface area contributed by atoms with Crippen molar-refractivity contribution in [2.75, 3.05) is 26.7 Å². The number of guanidine groups is 1. The minimum absolute atomic E-state index is 0. The molecule has 0 spiro atoms. The topological polar surface area (TPSA) is 126 Å². The third-order valence-corrected chi connectivity index (χ3v) is 5.28. The number of benzene rings is 2. The first kappa shape index (κ1) is 24.8. The molecule has 0 aliphatic rings. The molecule has 2 rings (SSSR count). The van der Waals surface area contributed by atoms with E-state index in [1.165, 1.54) is 23.8 Å². The van der Waals surface area contributed by atoms with Gasteiger partial charge in [0, 0.05) is 38.8 Å². The SMILES string of the molecule is CN=C(NCCNS(=O)(=O)c1cccc([N+](=O)[O-])c1)NCCc1ccccc1.I. The second-order valence-corrected chi connectivity index (χ2v) is 7.58. The van der Waals surface area contributed by atoms with E-state index in [0.717, 1.165) is 12.5 Å². The summed E-state index contributed by atoms with van der Waals surface area (Å²) in [5.74, 6) is 0.561. The van der Waals surface area contributed by atoms with Crippen LogP contribution in [0.15, 0.2) is 64.5 Å². The van der Waals surface area contributed by atoms with Crippen molar-refractivity contribution in [2.24, 2.45) is 4.99 Å². The molecule has 3 N–H and O–H groups in total. The normalized spacial score (nSPS) is 11.4. The summed E-state index contributed by atoms with van der Waals surface area (Å²) in [5.41, 5.74) is 0.930. The molecule has 0 radical (unpaired) electrons. The third-order valence-electron chi connectivity index (χ3n) is 3.82. The summed E-state index contributed by atoms with van der Waals surface area (Å²) in [6.07, 6.45) is 0.834. The zero-order chi connectivity index (χ0) is 20.4. The van der Waals surface area contributed by atoms with Gasteiger partial charge in [-0.2, -0.15) is 0 Å². The highest BCUT2D eigenvalue weighted by molar-refractivity contribution is 14.0. The number of hydrogen-bond donors (Lipinski definition) is 3. The van der Waals surface area contributed by atoms with Gasteiger partial charge in [-0.05, 0) is 18.1 Å². The van der Waals surface area contributed by atoms with Crippen LogP contribution in [0.1, 0.15) is 5.56 Å². The Bertz CT molecular complexity index is 923. The predicted molar refractivity (Wildman–Crippen MR) is 123 cm³/mol. The van der Waals surface area contributed by atoms with Crippen LogP contribution in [-0.4, -0.2) is 46.0 Å². The molecule has 0 amide bonds. The summed E-state index contributed by atoms with van der Waals surface area (Å²) in [6, 6.07) is 14.9. The lowest BCUT2D eigenvalue weighted by Crippen LogP contribution is -2.42. The van der Waals surface area contributed by atoms with Gasteiger partial charge in [0.15, 0.2) is 5.96 Å². The van der Waals surface area contributed by atoms with Gasteiger partial charge in [0.1, 0.15) is 0 Å². The Morgan fingerprint density at radius 2 is 1.72 bits per heavy atom. The second kappa shape index (κ2) is 12.3. The first-order valence-electron chi connectivity index (χ1n) is 8.65. The Balaban J connectivity index is 0.00000420. The lowest BCUT2D eigenvalue weighted by Gasteiger charge is -2.12. The van der Waals surface area contributed by atoms with Crippen LogP contribution >= 0.6 is 24.0 Å². The Hall–Kier alpha value is -2.25. The van der Waals surface area contributed by atoms with Crippen LogP contribution < -0.4 is 15.4 Å². The Morgan fingerprint density at radius 1 is 1.03 bits per heavy atom. The minimum atomic E-state index is -3.83. The molecule has 0 unspecified atom stereocenters. The van der Waals surface area contributed by atoms with Gasteiger partial charge in [0.2, 0.25) is 10.0 Å². The Morgan fingerprint density at radius 3 is 2.38 bits per heavy atom. The van der Waals surface area contributed by atoms with Gasteiger partial charge < -0.3 is 10.6 Å². The van der Waals surface area contributed by atoms with Crippen LogP contribution in [0, 0.1) is 10.1 Å². The zero-order valence-corrected chi connectivity index (χ0v) is 19.0. The smallest absolute Gasteiger partial charge is 0.270 e. The summed E-state index contributed by atoms with van der Waals surface area (Å²) < 4.78 is 26.9. The first-order valence-corrected chi connectivity index (χ1v) is 10.1. The number of rotatable bonds is 9. The molecule has 0 aromatic heterocycles. The maximum absolute atomic E-state index is 12.2. The molecule has 2 aromatic carbocycles. The van der Waals surface area contributed by atoms with Crippen LogP contribution in [0.5, 0.6) is 0 Å². The molecule has 11 heteroatoms. The van der Waals surface area contributed by atoms with Crippen molar-refractivity contribution in [3.63, 3.8) is 0 Å². The van der Waals surface area contributed by atoms with E-state index in [1.807, 2.05) is 30.3 Å². The first-order chi connectivity index (χ1) is 13.4. The monoisotopic (exact) mass is 533 g/mol. The van der Waals surface area contributed by atoms with Crippen LogP contribution in [0.2, 0.25) is 0 Å². The standard InChI is InChI=1S/C18H23N5O4S.HI/c1-19-18(20-11-10-15-6-3-2-4-7-15)21-12-13-22-28(26,27)17-9-5-8-16(14-17)23(24)25;/h2-9,14,22H,10-13H2,1H3,(H2,19,20,21);1H. The fraction of sp³-hybridized carbons (Fsp3) is 0.278. The van der Waals surface area contributed by atoms with Gasteiger partial charge in [-0.15, -0.1) is 24.0 Å². The minimum Gasteiger partial charge on any atom is -0.356 e. The predicted octanol–water partition coefficient (Wildman–Crippen LogP) is 1.90. The van der Waals surface area contributed by atoms with Crippen LogP contribution in [0.4, 0.5) is 5.69 Å². The number of nitro groups is 1. The van der Waals surface area contributed by atoms with Crippen molar-refractivity contribution in [1.29, 1.82) is 0 Å². The van der Waals surface area contributed by atoms with E-state index in [1.54, 1.807) is 7.05 Å². The Labute approximate surface area is 187 Å². The van der Waals surface area contributed by atoms with E-state index in [9.17, 15) is 18.5 Å². The molecular formula is C18H24IN5O4S. The number of sulfonamides is 1. The van der Waals surface area contributed by atoms with Gasteiger partial charge in [0.25, 0.3) is 5.69 Å². The fourth-order valence-electron chi connectivity index (χ4n) is 2.40. The molecule has 0 saturated carbocycles. The lowest BCUT2D eigenvalue weighted by molar-refractivity contribution is -0.385. The molecule has 2 aromatic rings. The van der Waals surface area contributed by atoms with Crippen molar-refractivity contribution in [2.45, 2.75) is 11.3 Å². The number of nitro benzene ring substituents is 1. The van der Waals surface area contributed by atoms with Crippen LogP contribution in [0.3, 0.4) is 0 Å². The van der Waals surface area contributed by atoms with Crippen molar-refractivity contribution in [3.05, 3.63) is 70.3 Å².